The van der Waals surface area contributed by atoms with Gasteiger partial charge in [0.15, 0.2) is 11.9 Å². The van der Waals surface area contributed by atoms with Crippen LogP contribution in [-0.2, 0) is 54.3 Å². The second-order valence-electron chi connectivity index (χ2n) is 17.0. The molecule has 1 aromatic carbocycles. The van der Waals surface area contributed by atoms with E-state index in [0.29, 0.717) is 12.0 Å². The number of nitrogens with zero attached hydrogens (tertiary/aromatic N) is 2. The Bertz CT molecular complexity index is 2210. The summed E-state index contributed by atoms with van der Waals surface area (Å²) in [6.07, 6.45) is 4.79. The molecular formula is C47H71N13O12. The Kier molecular flexibility index (Phi) is 26.3. The normalized spacial score (nSPS) is 23.3. The second-order valence-corrected chi connectivity index (χ2v) is 17.0. The maximum atomic E-state index is 14.3. The minimum atomic E-state index is -1.90. The molecule has 1 aliphatic rings. The highest BCUT2D eigenvalue weighted by Crippen LogP contribution is 2.18. The van der Waals surface area contributed by atoms with E-state index in [1.54, 1.807) is 20.1 Å². The van der Waals surface area contributed by atoms with Gasteiger partial charge in [0.25, 0.3) is 5.91 Å². The molecule has 1 saturated heterocycles. The van der Waals surface area contributed by atoms with Crippen LogP contribution in [0.1, 0.15) is 78.2 Å². The van der Waals surface area contributed by atoms with Gasteiger partial charge in [0.2, 0.25) is 35.4 Å². The summed E-state index contributed by atoms with van der Waals surface area (Å²) in [5.41, 5.74) is 23.2. The van der Waals surface area contributed by atoms with Crippen molar-refractivity contribution in [2.45, 2.75) is 115 Å². The van der Waals surface area contributed by atoms with Gasteiger partial charge >= 0.3 is 11.9 Å². The van der Waals surface area contributed by atoms with Gasteiger partial charge in [-0.3, -0.25) is 43.5 Å². The lowest BCUT2D eigenvalue weighted by atomic mass is 9.94. The Morgan fingerprint density at radius 2 is 1.35 bits per heavy atom. The number of nitrogens with one attached hydrogen (secondary N) is 7. The molecule has 1 fully saturated rings. The standard InChI is InChI=1S/C47H71N13O12/c1-6-30-41(65)54-25-39(63)57-33(15-11-21-53-47(50)51)43(67)60-35(45(70)71)24-38(62)56-32(14-10-20-52-46(48)49)42(66)58-31(28(4)40(64)59-34(44(68)69)18-19-37(61)55-30)17-16-26(2)22-27(3)36(72-5)23-29-12-8-7-9-13-29/h6-9,12-13,16-17,22,27-28,31-36H,10-11,14-15,18-21,23-25H2,1-5H3,(H,54,65)(H,55,61)(H,56,62)(H,57,63)(H,58,66)(H,59,64)(H,60,67)(H,68,69)(H,70,71)(H4,48,49,52)(H4,50,51,53)/b17-16+,26-22+,30-6-/t27-,28-,31-,32-,33-,34+,35+,36-/m0/s1. The van der Waals surface area contributed by atoms with Gasteiger partial charge in [-0.25, -0.2) is 9.59 Å². The van der Waals surface area contributed by atoms with Crippen molar-refractivity contribution >= 4 is 65.2 Å². The zero-order valence-electron chi connectivity index (χ0n) is 41.3. The number of benzene rings is 1. The fourth-order valence-corrected chi connectivity index (χ4v) is 7.20. The van der Waals surface area contributed by atoms with E-state index >= 15 is 0 Å². The molecule has 1 aliphatic heterocycles. The van der Waals surface area contributed by atoms with Crippen LogP contribution >= 0.6 is 0 Å². The molecule has 1 heterocycles. The number of carbonyl (C=O) groups is 9. The smallest absolute Gasteiger partial charge is 0.326 e. The summed E-state index contributed by atoms with van der Waals surface area (Å²) < 4.78 is 5.80. The van der Waals surface area contributed by atoms with Crippen molar-refractivity contribution < 1.29 is 58.1 Å². The lowest BCUT2D eigenvalue weighted by Crippen LogP contribution is -2.55. The van der Waals surface area contributed by atoms with Gasteiger partial charge in [0.05, 0.1) is 31.0 Å². The molecule has 1 aromatic rings. The number of guanidine groups is 2. The summed E-state index contributed by atoms with van der Waals surface area (Å²) in [5, 5.41) is 37.2. The first-order valence-corrected chi connectivity index (χ1v) is 23.3. The molecule has 2 rings (SSSR count). The number of aliphatic carboxylic acids is 2. The van der Waals surface area contributed by atoms with Gasteiger partial charge < -0.3 is 75.1 Å². The zero-order chi connectivity index (χ0) is 53.9. The summed E-state index contributed by atoms with van der Waals surface area (Å²) >= 11 is 0. The molecule has 0 saturated carbocycles. The molecule has 396 valence electrons. The fraction of sp³-hybridized carbons (Fsp3) is 0.511. The number of carboxylic acid groups (broad SMARTS) is 2. The van der Waals surface area contributed by atoms with Gasteiger partial charge in [-0.05, 0) is 57.9 Å². The minimum Gasteiger partial charge on any atom is -0.480 e. The van der Waals surface area contributed by atoms with Crippen molar-refractivity contribution in [1.29, 1.82) is 0 Å². The Morgan fingerprint density at radius 3 is 1.89 bits per heavy atom. The number of nitrogens with two attached hydrogens (primary N) is 4. The molecule has 25 heteroatoms. The van der Waals surface area contributed by atoms with Crippen molar-refractivity contribution in [2.75, 3.05) is 26.7 Å². The van der Waals surface area contributed by atoms with Crippen LogP contribution in [-0.4, -0.2) is 138 Å². The van der Waals surface area contributed by atoms with E-state index in [9.17, 15) is 53.4 Å². The summed E-state index contributed by atoms with van der Waals surface area (Å²) in [5.74, 6) is -11.4. The maximum Gasteiger partial charge on any atom is 0.326 e. The molecule has 8 atom stereocenters. The first-order valence-electron chi connectivity index (χ1n) is 23.3. The van der Waals surface area contributed by atoms with Gasteiger partial charge in [0, 0.05) is 32.5 Å². The Hall–Kier alpha value is -7.83. The quantitative estimate of drug-likeness (QED) is 0.0265. The van der Waals surface area contributed by atoms with E-state index in [1.807, 2.05) is 43.3 Å². The van der Waals surface area contributed by atoms with Crippen molar-refractivity contribution in [2.24, 2.45) is 44.8 Å². The fourth-order valence-electron chi connectivity index (χ4n) is 7.20. The first-order chi connectivity index (χ1) is 34.0. The highest BCUT2D eigenvalue weighted by atomic mass is 16.5. The van der Waals surface area contributed by atoms with Crippen molar-refractivity contribution in [3.8, 4) is 0 Å². The largest absolute Gasteiger partial charge is 0.480 e. The van der Waals surface area contributed by atoms with Crippen molar-refractivity contribution in [3.05, 3.63) is 71.5 Å². The Balaban J connectivity index is 2.67. The number of carbonyl (C=O) groups excluding carboxylic acids is 7. The SMILES string of the molecule is C/C=C1\NC(=O)CC[C@H](C(=O)O)NC(=O)[C@@H](C)[C@H](/C=C/C(C)=C/[C@H](C)[C@H](Cc2ccccc2)OC)NC(=O)[C@H](CCCN=C(N)N)NC(=O)C[C@H](C(=O)O)NC(=O)[C@H](CCCN=C(N)N)NC(=O)CNC1=O. The van der Waals surface area contributed by atoms with E-state index in [4.69, 9.17) is 27.7 Å². The molecule has 0 unspecified atom stereocenters. The monoisotopic (exact) mass is 1010 g/mol. The molecule has 0 radical (unpaired) electrons. The molecule has 72 heavy (non-hydrogen) atoms. The third-order valence-corrected chi connectivity index (χ3v) is 11.2. The number of aliphatic imine (C=N–C) groups is 2. The van der Waals surface area contributed by atoms with Crippen LogP contribution in [0.5, 0.6) is 0 Å². The number of amides is 7. The van der Waals surface area contributed by atoms with E-state index in [0.717, 1.165) is 5.56 Å². The number of hydrogen-bond acceptors (Lipinski definition) is 12. The summed E-state index contributed by atoms with van der Waals surface area (Å²) in [7, 11) is 1.60. The number of carboxylic acids is 2. The van der Waals surface area contributed by atoms with Crippen LogP contribution in [0, 0.1) is 11.8 Å². The van der Waals surface area contributed by atoms with Crippen LogP contribution in [0.15, 0.2) is 75.9 Å². The van der Waals surface area contributed by atoms with Crippen LogP contribution in [0.25, 0.3) is 0 Å². The predicted molar refractivity (Wildman–Crippen MR) is 266 cm³/mol. The van der Waals surface area contributed by atoms with E-state index in [-0.39, 0.29) is 68.4 Å². The molecule has 0 aliphatic carbocycles. The Morgan fingerprint density at radius 1 is 0.792 bits per heavy atom. The van der Waals surface area contributed by atoms with E-state index < -0.39 is 115 Å². The topological polar surface area (TPSA) is 416 Å². The van der Waals surface area contributed by atoms with Gasteiger partial charge in [-0.2, -0.15) is 0 Å². The number of methoxy groups -OCH3 is 1. The molecular weight excluding hydrogens is 939 g/mol. The third-order valence-electron chi connectivity index (χ3n) is 11.2. The molecule has 0 bridgehead atoms. The average Bonchev–Trinajstić information content (AvgIpc) is 3.32. The lowest BCUT2D eigenvalue weighted by molar-refractivity contribution is -0.144. The molecule has 17 N–H and O–H groups in total. The lowest BCUT2D eigenvalue weighted by Gasteiger charge is -2.27. The highest BCUT2D eigenvalue weighted by molar-refractivity contribution is 6.00. The maximum absolute atomic E-state index is 14.3. The minimum absolute atomic E-state index is 0.00679. The number of hydrogen-bond donors (Lipinski definition) is 13. The van der Waals surface area contributed by atoms with Crippen molar-refractivity contribution in [1.82, 2.24) is 37.2 Å². The number of allylic oxidation sites excluding steroid dienone is 3. The molecule has 0 aromatic heterocycles. The summed E-state index contributed by atoms with van der Waals surface area (Å²) in [6.45, 7) is 5.86. The van der Waals surface area contributed by atoms with Crippen LogP contribution < -0.4 is 60.2 Å². The molecule has 0 spiro atoms. The van der Waals surface area contributed by atoms with Crippen LogP contribution in [0.2, 0.25) is 0 Å². The highest BCUT2D eigenvalue weighted by Gasteiger charge is 2.33. The summed E-state index contributed by atoms with van der Waals surface area (Å²) in [6, 6.07) is 2.15. The zero-order valence-corrected chi connectivity index (χ0v) is 41.3. The van der Waals surface area contributed by atoms with Crippen LogP contribution in [0.4, 0.5) is 0 Å². The summed E-state index contributed by atoms with van der Waals surface area (Å²) in [4.78, 5) is 127. The third kappa shape index (κ3) is 22.7. The van der Waals surface area contributed by atoms with Gasteiger partial charge in [-0.1, -0.05) is 74.1 Å². The molecule has 7 amide bonds. The molecule has 25 nitrogen and oxygen atoms in total. The van der Waals surface area contributed by atoms with Gasteiger partial charge in [0.1, 0.15) is 29.9 Å². The number of rotatable bonds is 17. The predicted octanol–water partition coefficient (Wildman–Crippen LogP) is -1.96. The number of ether oxygens (including phenoxy) is 1. The first kappa shape index (κ1) is 60.3. The Labute approximate surface area is 417 Å². The van der Waals surface area contributed by atoms with E-state index in [1.165, 1.54) is 26.0 Å². The van der Waals surface area contributed by atoms with Crippen molar-refractivity contribution in [3.63, 3.8) is 0 Å². The second kappa shape index (κ2) is 31.4. The average molecular weight is 1010 g/mol. The van der Waals surface area contributed by atoms with E-state index in [2.05, 4.69) is 47.2 Å². The van der Waals surface area contributed by atoms with Crippen LogP contribution in [0.3, 0.4) is 0 Å². The van der Waals surface area contributed by atoms with Gasteiger partial charge in [-0.15, -0.1) is 0 Å².